The number of pyridine rings is 1. The normalized spacial score (nSPS) is 13.8. The van der Waals surface area contributed by atoms with Gasteiger partial charge in [0.25, 0.3) is 0 Å². The molecule has 1 heterocycles. The Labute approximate surface area is 172 Å². The van der Waals surface area contributed by atoms with Crippen LogP contribution in [0.3, 0.4) is 0 Å². The molecule has 0 spiro atoms. The first kappa shape index (κ1) is 22.5. The van der Waals surface area contributed by atoms with Gasteiger partial charge < -0.3 is 5.11 Å². The third-order valence-corrected chi connectivity index (χ3v) is 5.15. The lowest BCUT2D eigenvalue weighted by molar-refractivity contribution is -0.259. The first-order chi connectivity index (χ1) is 13.6. The molecule has 0 amide bonds. The fourth-order valence-electron chi connectivity index (χ4n) is 2.43. The van der Waals surface area contributed by atoms with Crippen molar-refractivity contribution < 1.29 is 18.3 Å². The summed E-state index contributed by atoms with van der Waals surface area (Å²) in [5.41, 5.74) is -1.90. The molecule has 29 heavy (non-hydrogen) atoms. The minimum atomic E-state index is -4.83. The zero-order valence-corrected chi connectivity index (χ0v) is 16.9. The van der Waals surface area contributed by atoms with Crippen molar-refractivity contribution in [2.75, 3.05) is 0 Å². The molecular weight excluding hydrogens is 395 g/mol. The summed E-state index contributed by atoms with van der Waals surface area (Å²) in [7, 11) is 0. The largest absolute Gasteiger partial charge is 0.421 e. The van der Waals surface area contributed by atoms with E-state index in [1.54, 1.807) is 19.1 Å². The molecule has 1 aromatic carbocycles. The van der Waals surface area contributed by atoms with Crippen LogP contribution in [0, 0.1) is 11.8 Å². The Balaban J connectivity index is 2.44. The average Bonchev–Trinajstić information content (AvgIpc) is 2.67. The number of rotatable bonds is 6. The van der Waals surface area contributed by atoms with E-state index in [9.17, 15) is 18.3 Å². The average molecular weight is 415 g/mol. The molecule has 0 radical (unpaired) electrons. The Kier molecular flexibility index (Phi) is 7.12. The Morgan fingerprint density at radius 3 is 2.38 bits per heavy atom. The van der Waals surface area contributed by atoms with Gasteiger partial charge in [0.15, 0.2) is 5.60 Å². The molecular formula is C23H20F3NOS. The number of halogens is 3. The van der Waals surface area contributed by atoms with Gasteiger partial charge in [0.1, 0.15) is 0 Å². The molecule has 2 aromatic rings. The number of hydrogen-bond acceptors (Lipinski definition) is 3. The van der Waals surface area contributed by atoms with Gasteiger partial charge in [-0.2, -0.15) is 13.2 Å². The number of thioether (sulfide) groups is 1. The quantitative estimate of drug-likeness (QED) is 0.345. The Hall–Kier alpha value is -2.75. The van der Waals surface area contributed by atoms with E-state index in [4.69, 9.17) is 0 Å². The van der Waals surface area contributed by atoms with Crippen LogP contribution >= 0.6 is 11.8 Å². The van der Waals surface area contributed by atoms with Crippen molar-refractivity contribution in [1.29, 1.82) is 0 Å². The van der Waals surface area contributed by atoms with E-state index in [0.717, 1.165) is 16.0 Å². The Bertz CT molecular complexity index is 994. The van der Waals surface area contributed by atoms with E-state index in [0.29, 0.717) is 23.7 Å². The van der Waals surface area contributed by atoms with Crippen molar-refractivity contribution in [2.24, 2.45) is 0 Å². The van der Waals surface area contributed by atoms with Crippen LogP contribution in [0.15, 0.2) is 77.7 Å². The highest BCUT2D eigenvalue weighted by Crippen LogP contribution is 2.39. The number of nitrogens with zero attached hydrogens (tertiary/aromatic N) is 1. The summed E-state index contributed by atoms with van der Waals surface area (Å²) < 4.78 is 39.5. The molecule has 1 unspecified atom stereocenters. The molecule has 0 aliphatic heterocycles. The summed E-state index contributed by atoms with van der Waals surface area (Å²) >= 11 is 1.51. The third-order valence-electron chi connectivity index (χ3n) is 4.11. The van der Waals surface area contributed by atoms with Gasteiger partial charge in [-0.3, -0.25) is 4.98 Å². The fourth-order valence-corrected chi connectivity index (χ4v) is 3.22. The molecule has 0 bridgehead atoms. The Morgan fingerprint density at radius 2 is 1.86 bits per heavy atom. The number of alkyl halides is 3. The summed E-state index contributed by atoms with van der Waals surface area (Å²) in [5, 5.41) is 9.93. The van der Waals surface area contributed by atoms with Crippen LogP contribution in [-0.4, -0.2) is 16.3 Å². The Morgan fingerprint density at radius 1 is 1.21 bits per heavy atom. The number of benzene rings is 1. The minimum absolute atomic E-state index is 0.313. The topological polar surface area (TPSA) is 33.1 Å². The molecule has 150 valence electrons. The molecule has 0 saturated heterocycles. The highest BCUT2D eigenvalue weighted by molar-refractivity contribution is 8.03. The smallest absolute Gasteiger partial charge is 0.376 e. The van der Waals surface area contributed by atoms with Crippen LogP contribution in [0.1, 0.15) is 25.0 Å². The summed E-state index contributed by atoms with van der Waals surface area (Å²) in [6.45, 7) is 9.70. The maximum absolute atomic E-state index is 13.2. The van der Waals surface area contributed by atoms with Gasteiger partial charge in [0, 0.05) is 27.1 Å². The lowest BCUT2D eigenvalue weighted by Crippen LogP contribution is -2.39. The number of aromatic nitrogens is 1. The summed E-state index contributed by atoms with van der Waals surface area (Å²) in [5.74, 6) is 5.47. The molecule has 0 aliphatic rings. The summed E-state index contributed by atoms with van der Waals surface area (Å²) in [6, 6.07) is 8.64. The molecule has 2 rings (SSSR count). The van der Waals surface area contributed by atoms with E-state index < -0.39 is 11.8 Å². The second-order valence-corrected chi connectivity index (χ2v) is 7.35. The molecule has 1 N–H and O–H groups in total. The maximum Gasteiger partial charge on any atom is 0.421 e. The second-order valence-electron chi connectivity index (χ2n) is 6.20. The van der Waals surface area contributed by atoms with Crippen LogP contribution in [0.2, 0.25) is 0 Å². The van der Waals surface area contributed by atoms with Gasteiger partial charge in [-0.25, -0.2) is 0 Å². The minimum Gasteiger partial charge on any atom is -0.376 e. The zero-order valence-electron chi connectivity index (χ0n) is 16.0. The first-order valence-corrected chi connectivity index (χ1v) is 9.41. The SMILES string of the molecule is C=C/C=C(\C=C)Sc1ccc(-c2ncc(C(C)(O)C(F)(F)F)cc2C#CC)cc1. The van der Waals surface area contributed by atoms with Gasteiger partial charge >= 0.3 is 6.18 Å². The van der Waals surface area contributed by atoms with Crippen LogP contribution in [0.25, 0.3) is 11.3 Å². The van der Waals surface area contributed by atoms with Crippen molar-refractivity contribution in [3.63, 3.8) is 0 Å². The molecule has 2 nitrogen and oxygen atoms in total. The van der Waals surface area contributed by atoms with E-state index >= 15 is 0 Å². The zero-order chi connectivity index (χ0) is 21.7. The third kappa shape index (κ3) is 5.20. The highest BCUT2D eigenvalue weighted by Gasteiger charge is 2.51. The van der Waals surface area contributed by atoms with Gasteiger partial charge in [0.05, 0.1) is 11.3 Å². The predicted octanol–water partition coefficient (Wildman–Crippen LogP) is 6.24. The molecule has 0 fully saturated rings. The number of hydrogen-bond donors (Lipinski definition) is 1. The molecule has 6 heteroatoms. The van der Waals surface area contributed by atoms with Crippen LogP contribution < -0.4 is 0 Å². The van der Waals surface area contributed by atoms with Crippen molar-refractivity contribution in [3.05, 3.63) is 83.9 Å². The highest BCUT2D eigenvalue weighted by atomic mass is 32.2. The predicted molar refractivity (Wildman–Crippen MR) is 112 cm³/mol. The van der Waals surface area contributed by atoms with Crippen molar-refractivity contribution in [1.82, 2.24) is 4.98 Å². The van der Waals surface area contributed by atoms with E-state index in [2.05, 4.69) is 30.0 Å². The maximum atomic E-state index is 13.2. The lowest BCUT2D eigenvalue weighted by Gasteiger charge is -2.26. The summed E-state index contributed by atoms with van der Waals surface area (Å²) in [4.78, 5) is 6.07. The monoisotopic (exact) mass is 415 g/mol. The molecule has 1 atom stereocenters. The molecule has 1 aromatic heterocycles. The van der Waals surface area contributed by atoms with Gasteiger partial charge in [-0.15, -0.1) is 5.92 Å². The van der Waals surface area contributed by atoms with E-state index in [-0.39, 0.29) is 5.56 Å². The summed E-state index contributed by atoms with van der Waals surface area (Å²) in [6.07, 6.45) is 1.45. The lowest BCUT2D eigenvalue weighted by atomic mass is 9.94. The molecule has 0 aliphatic carbocycles. The number of allylic oxidation sites excluding steroid dienone is 3. The van der Waals surface area contributed by atoms with Gasteiger partial charge in [-0.1, -0.05) is 55.1 Å². The standard InChI is InChI=1S/C23H20F3NOS/c1-5-8-17-14-18(22(4,28)23(24,25)26)15-27-21(17)16-10-12-20(13-11-16)29-19(7-3)9-6-2/h6-7,9-15,28H,2-3H2,1,4H3/b19-9+. The number of aliphatic hydroxyl groups is 1. The van der Waals surface area contributed by atoms with Crippen LogP contribution in [0.5, 0.6) is 0 Å². The van der Waals surface area contributed by atoms with Crippen molar-refractivity contribution >= 4 is 11.8 Å². The van der Waals surface area contributed by atoms with E-state index in [1.165, 1.54) is 17.8 Å². The van der Waals surface area contributed by atoms with Crippen LogP contribution in [0.4, 0.5) is 13.2 Å². The van der Waals surface area contributed by atoms with Crippen molar-refractivity contribution in [3.8, 4) is 23.1 Å². The second kappa shape index (κ2) is 9.17. The molecule has 0 saturated carbocycles. The van der Waals surface area contributed by atoms with Gasteiger partial charge in [0.2, 0.25) is 0 Å². The fraction of sp³-hybridized carbons (Fsp3) is 0.174. The van der Waals surface area contributed by atoms with Crippen molar-refractivity contribution in [2.45, 2.75) is 30.5 Å². The van der Waals surface area contributed by atoms with Gasteiger partial charge in [-0.05, 0) is 38.1 Å². The van der Waals surface area contributed by atoms with Crippen LogP contribution in [-0.2, 0) is 5.60 Å². The van der Waals surface area contributed by atoms with E-state index in [1.807, 2.05) is 30.3 Å². The first-order valence-electron chi connectivity index (χ1n) is 8.60.